The number of hydrogen-bond donors (Lipinski definition) is 1. The van der Waals surface area contributed by atoms with Crippen molar-refractivity contribution in [1.29, 1.82) is 0 Å². The van der Waals surface area contributed by atoms with Crippen LogP contribution in [0.1, 0.15) is 17.0 Å². The zero-order valence-electron chi connectivity index (χ0n) is 12.5. The molecule has 0 amide bonds. The van der Waals surface area contributed by atoms with Gasteiger partial charge >= 0.3 is 0 Å². The van der Waals surface area contributed by atoms with Gasteiger partial charge in [-0.05, 0) is 19.9 Å². The van der Waals surface area contributed by atoms with Crippen molar-refractivity contribution in [3.63, 3.8) is 0 Å². The molecule has 0 fully saturated rings. The first-order valence-corrected chi connectivity index (χ1v) is 7.90. The largest absolute Gasteiger partial charge is 0.496 e. The number of hydrogen-bond acceptors (Lipinski definition) is 4. The number of aryl methyl sites for hydroxylation is 2. The molecule has 0 aliphatic carbocycles. The van der Waals surface area contributed by atoms with Crippen molar-refractivity contribution in [2.75, 3.05) is 14.2 Å². The predicted octanol–water partition coefficient (Wildman–Crippen LogP) is 1.86. The third-order valence-electron chi connectivity index (χ3n) is 3.20. The summed E-state index contributed by atoms with van der Waals surface area (Å²) in [6.45, 7) is 3.89. The van der Waals surface area contributed by atoms with Crippen molar-refractivity contribution < 1.29 is 13.2 Å². The molecule has 0 saturated heterocycles. The number of ether oxygens (including phenoxy) is 1. The van der Waals surface area contributed by atoms with Crippen LogP contribution in [0.4, 0.5) is 0 Å². The molecule has 1 aromatic carbocycles. The van der Waals surface area contributed by atoms with E-state index in [9.17, 15) is 8.42 Å². The first-order valence-electron chi connectivity index (χ1n) is 6.46. The van der Waals surface area contributed by atoms with Crippen LogP contribution < -0.4 is 4.74 Å². The molecule has 2 aromatic rings. The lowest BCUT2D eigenvalue weighted by Crippen LogP contribution is -2.27. The molecule has 1 N–H and O–H groups in total. The van der Waals surface area contributed by atoms with Crippen molar-refractivity contribution in [2.24, 2.45) is 0 Å². The van der Waals surface area contributed by atoms with Crippen LogP contribution >= 0.6 is 0 Å². The van der Waals surface area contributed by atoms with E-state index in [0.29, 0.717) is 11.6 Å². The number of aromatic amines is 1. The lowest BCUT2D eigenvalue weighted by Gasteiger charge is -2.18. The Bertz CT molecular complexity index is 738. The minimum atomic E-state index is -3.59. The van der Waals surface area contributed by atoms with Gasteiger partial charge in [0, 0.05) is 19.2 Å². The average Bonchev–Trinajstić information content (AvgIpc) is 2.86. The summed E-state index contributed by atoms with van der Waals surface area (Å²) in [7, 11) is -0.489. The summed E-state index contributed by atoms with van der Waals surface area (Å²) in [6, 6.07) is 5.68. The molecule has 6 nitrogen and oxygen atoms in total. The zero-order valence-corrected chi connectivity index (χ0v) is 13.4. The van der Waals surface area contributed by atoms with Gasteiger partial charge in [0.1, 0.15) is 11.6 Å². The maximum absolute atomic E-state index is 12.4. The summed E-state index contributed by atoms with van der Waals surface area (Å²) in [5, 5.41) is 0.0918. The third kappa shape index (κ3) is 3.25. The molecule has 0 aliphatic rings. The van der Waals surface area contributed by atoms with Crippen LogP contribution in [0, 0.1) is 13.8 Å². The number of aromatic nitrogens is 2. The van der Waals surface area contributed by atoms with E-state index >= 15 is 0 Å². The van der Waals surface area contributed by atoms with Crippen LogP contribution in [0.2, 0.25) is 0 Å². The summed E-state index contributed by atoms with van der Waals surface area (Å²) in [5.41, 5.74) is 1.87. The van der Waals surface area contributed by atoms with Gasteiger partial charge in [0.15, 0.2) is 5.03 Å². The maximum atomic E-state index is 12.4. The number of methoxy groups -OCH3 is 1. The molecule has 1 aromatic heterocycles. The van der Waals surface area contributed by atoms with Crippen molar-refractivity contribution in [3.8, 4) is 5.75 Å². The van der Waals surface area contributed by atoms with E-state index in [-0.39, 0.29) is 11.6 Å². The normalized spacial score (nSPS) is 11.9. The Morgan fingerprint density at radius 1 is 1.33 bits per heavy atom. The molecule has 2 rings (SSSR count). The molecule has 1 heterocycles. The van der Waals surface area contributed by atoms with E-state index in [2.05, 4.69) is 9.97 Å². The molecular weight excluding hydrogens is 290 g/mol. The van der Waals surface area contributed by atoms with E-state index in [4.69, 9.17) is 4.74 Å². The zero-order chi connectivity index (χ0) is 15.6. The number of benzene rings is 1. The first kappa shape index (κ1) is 15.5. The molecular formula is C14H19N3O3S. The lowest BCUT2D eigenvalue weighted by atomic mass is 10.1. The molecule has 0 unspecified atom stereocenters. The molecule has 7 heteroatoms. The summed E-state index contributed by atoms with van der Waals surface area (Å²) >= 11 is 0. The Morgan fingerprint density at radius 3 is 2.62 bits per heavy atom. The summed E-state index contributed by atoms with van der Waals surface area (Å²) < 4.78 is 31.5. The van der Waals surface area contributed by atoms with Gasteiger partial charge in [0.05, 0.1) is 13.3 Å². The SMILES string of the molecule is COc1ccc(C)cc1CN(C)S(=O)(=O)c1cnc(C)[nH]1. The van der Waals surface area contributed by atoms with Gasteiger partial charge in [-0.15, -0.1) is 0 Å². The number of H-pyrrole nitrogens is 1. The highest BCUT2D eigenvalue weighted by Crippen LogP contribution is 2.23. The monoisotopic (exact) mass is 309 g/mol. The van der Waals surface area contributed by atoms with E-state index < -0.39 is 10.0 Å². The summed E-state index contributed by atoms with van der Waals surface area (Å²) in [5.74, 6) is 1.23. The molecule has 21 heavy (non-hydrogen) atoms. The van der Waals surface area contributed by atoms with Crippen molar-refractivity contribution >= 4 is 10.0 Å². The number of nitrogens with zero attached hydrogens (tertiary/aromatic N) is 2. The van der Waals surface area contributed by atoms with Crippen molar-refractivity contribution in [1.82, 2.24) is 14.3 Å². The Balaban J connectivity index is 2.29. The fraction of sp³-hybridized carbons (Fsp3) is 0.357. The number of rotatable bonds is 5. The van der Waals surface area contributed by atoms with E-state index in [0.717, 1.165) is 11.1 Å². The molecule has 114 valence electrons. The lowest BCUT2D eigenvalue weighted by molar-refractivity contribution is 0.397. The minimum absolute atomic E-state index is 0.0918. The van der Waals surface area contributed by atoms with E-state index in [1.807, 2.05) is 25.1 Å². The Morgan fingerprint density at radius 2 is 2.05 bits per heavy atom. The Labute approximate surface area is 124 Å². The summed E-state index contributed by atoms with van der Waals surface area (Å²) in [4.78, 5) is 6.69. The number of sulfonamides is 1. The quantitative estimate of drug-likeness (QED) is 0.914. The number of nitrogens with one attached hydrogen (secondary N) is 1. The second-order valence-corrected chi connectivity index (χ2v) is 6.92. The van der Waals surface area contributed by atoms with Crippen LogP contribution in [-0.4, -0.2) is 36.8 Å². The number of imidazole rings is 1. The molecule has 0 aliphatic heterocycles. The van der Waals surface area contributed by atoms with Gasteiger partial charge in [-0.3, -0.25) is 0 Å². The highest BCUT2D eigenvalue weighted by atomic mass is 32.2. The van der Waals surface area contributed by atoms with Crippen molar-refractivity contribution in [2.45, 2.75) is 25.4 Å². The minimum Gasteiger partial charge on any atom is -0.496 e. The maximum Gasteiger partial charge on any atom is 0.260 e. The van der Waals surface area contributed by atoms with Gasteiger partial charge in [-0.2, -0.15) is 4.31 Å². The molecule has 0 spiro atoms. The Kier molecular flexibility index (Phi) is 4.34. The molecule has 0 saturated carbocycles. The second kappa shape index (κ2) is 5.87. The van der Waals surface area contributed by atoms with Gasteiger partial charge in [0.25, 0.3) is 10.0 Å². The van der Waals surface area contributed by atoms with Gasteiger partial charge in [-0.25, -0.2) is 13.4 Å². The highest BCUT2D eigenvalue weighted by Gasteiger charge is 2.23. The highest BCUT2D eigenvalue weighted by molar-refractivity contribution is 7.89. The van der Waals surface area contributed by atoms with E-state index in [1.165, 1.54) is 17.5 Å². The van der Waals surface area contributed by atoms with Crippen LogP contribution in [-0.2, 0) is 16.6 Å². The predicted molar refractivity (Wildman–Crippen MR) is 79.7 cm³/mol. The standard InChI is InChI=1S/C14H19N3O3S/c1-10-5-6-13(20-4)12(7-10)9-17(3)21(18,19)14-8-15-11(2)16-14/h5-8H,9H2,1-4H3,(H,15,16). The van der Waals surface area contributed by atoms with E-state index in [1.54, 1.807) is 14.0 Å². The topological polar surface area (TPSA) is 75.3 Å². The molecule has 0 bridgehead atoms. The Hall–Kier alpha value is -1.86. The van der Waals surface area contributed by atoms with Crippen LogP contribution in [0.15, 0.2) is 29.4 Å². The van der Waals surface area contributed by atoms with Gasteiger partial charge in [-0.1, -0.05) is 17.7 Å². The molecule has 0 atom stereocenters. The third-order valence-corrected chi connectivity index (χ3v) is 4.91. The van der Waals surface area contributed by atoms with Crippen molar-refractivity contribution in [3.05, 3.63) is 41.3 Å². The van der Waals surface area contributed by atoms with Crippen LogP contribution in [0.3, 0.4) is 0 Å². The summed E-state index contributed by atoms with van der Waals surface area (Å²) in [6.07, 6.45) is 1.33. The fourth-order valence-electron chi connectivity index (χ4n) is 2.05. The molecule has 0 radical (unpaired) electrons. The first-order chi connectivity index (χ1) is 9.84. The van der Waals surface area contributed by atoms with Crippen LogP contribution in [0.5, 0.6) is 5.75 Å². The fourth-order valence-corrected chi connectivity index (χ4v) is 3.16. The van der Waals surface area contributed by atoms with Gasteiger partial charge in [0.2, 0.25) is 0 Å². The second-order valence-electron chi connectivity index (χ2n) is 4.91. The van der Waals surface area contributed by atoms with Crippen LogP contribution in [0.25, 0.3) is 0 Å². The average molecular weight is 309 g/mol. The smallest absolute Gasteiger partial charge is 0.260 e. The van der Waals surface area contributed by atoms with Gasteiger partial charge < -0.3 is 9.72 Å².